The lowest BCUT2D eigenvalue weighted by Crippen LogP contribution is -2.43. The lowest BCUT2D eigenvalue weighted by atomic mass is 10.0. The van der Waals surface area contributed by atoms with Gasteiger partial charge in [0.2, 0.25) is 0 Å². The molecule has 1 aliphatic heterocycles. The molecule has 1 aliphatic rings. The summed E-state index contributed by atoms with van der Waals surface area (Å²) in [6, 6.07) is 1.99. The quantitative estimate of drug-likeness (QED) is 0.370. The molecule has 0 bridgehead atoms. The minimum Gasteiger partial charge on any atom is -0.359 e. The average Bonchev–Trinajstić information content (AvgIpc) is 3.02. The van der Waals surface area contributed by atoms with Crippen LogP contribution in [0.2, 0.25) is 0 Å². The maximum atomic E-state index is 5.35. The van der Waals surface area contributed by atoms with E-state index < -0.39 is 0 Å². The molecule has 2 N–H and O–H groups in total. The summed E-state index contributed by atoms with van der Waals surface area (Å²) in [5.41, 5.74) is 0.984. The van der Waals surface area contributed by atoms with Gasteiger partial charge in [-0.3, -0.25) is 0 Å². The molecule has 2 heterocycles. The Labute approximate surface area is 169 Å². The van der Waals surface area contributed by atoms with E-state index in [0.717, 1.165) is 43.0 Å². The van der Waals surface area contributed by atoms with Crippen LogP contribution in [-0.4, -0.2) is 48.7 Å². The van der Waals surface area contributed by atoms with Gasteiger partial charge in [-0.15, -0.1) is 24.0 Å². The van der Waals surface area contributed by atoms with Crippen LogP contribution in [0.15, 0.2) is 15.6 Å². The second-order valence-corrected chi connectivity index (χ2v) is 7.04. The van der Waals surface area contributed by atoms with Gasteiger partial charge in [-0.1, -0.05) is 25.9 Å². The third-order valence-electron chi connectivity index (χ3n) is 4.37. The highest BCUT2D eigenvalue weighted by atomic mass is 127. The molecular formula is C18H34IN5O. The van der Waals surface area contributed by atoms with Crippen molar-refractivity contribution in [1.29, 1.82) is 0 Å². The minimum absolute atomic E-state index is 0. The van der Waals surface area contributed by atoms with Gasteiger partial charge in [0.25, 0.3) is 0 Å². The first-order chi connectivity index (χ1) is 11.6. The van der Waals surface area contributed by atoms with Crippen molar-refractivity contribution in [3.8, 4) is 0 Å². The average molecular weight is 463 g/mol. The Hall–Kier alpha value is -0.830. The summed E-state index contributed by atoms with van der Waals surface area (Å²) in [5, 5.41) is 10.8. The van der Waals surface area contributed by atoms with Gasteiger partial charge in [-0.05, 0) is 38.1 Å². The number of halogens is 1. The monoisotopic (exact) mass is 463 g/mol. The van der Waals surface area contributed by atoms with Gasteiger partial charge < -0.3 is 20.1 Å². The molecule has 6 nitrogen and oxygen atoms in total. The molecule has 144 valence electrons. The summed E-state index contributed by atoms with van der Waals surface area (Å²) in [4.78, 5) is 7.13. The Morgan fingerprint density at radius 1 is 1.44 bits per heavy atom. The zero-order chi connectivity index (χ0) is 17.4. The van der Waals surface area contributed by atoms with E-state index in [9.17, 15) is 0 Å². The van der Waals surface area contributed by atoms with Gasteiger partial charge in [0.1, 0.15) is 6.54 Å². The number of piperidine rings is 1. The normalized spacial score (nSPS) is 18.9. The smallest absolute Gasteiger partial charge is 0.191 e. The minimum atomic E-state index is 0. The standard InChI is InChI=1S/C18H33N5O.HI/c1-5-19-18(20-8-10-23-9-6-7-15(4)13-23)21-12-16-11-17(14(2)3)22-24-16;/h11,14-15H,5-10,12-13H2,1-4H3,(H2,19,20,21);1H. The van der Waals surface area contributed by atoms with Gasteiger partial charge in [-0.2, -0.15) is 0 Å². The molecule has 0 saturated carbocycles. The van der Waals surface area contributed by atoms with E-state index in [1.54, 1.807) is 0 Å². The zero-order valence-electron chi connectivity index (χ0n) is 16.0. The SMILES string of the molecule is CCNC(=NCc1cc(C(C)C)no1)NCCN1CCCC(C)C1.I. The van der Waals surface area contributed by atoms with Gasteiger partial charge in [0.15, 0.2) is 11.7 Å². The predicted molar refractivity (Wildman–Crippen MR) is 114 cm³/mol. The van der Waals surface area contributed by atoms with E-state index in [1.165, 1.54) is 25.9 Å². The fraction of sp³-hybridized carbons (Fsp3) is 0.778. The fourth-order valence-electron chi connectivity index (χ4n) is 3.00. The van der Waals surface area contributed by atoms with Crippen molar-refractivity contribution >= 4 is 29.9 Å². The number of hydrogen-bond acceptors (Lipinski definition) is 4. The maximum Gasteiger partial charge on any atom is 0.191 e. The van der Waals surface area contributed by atoms with Crippen LogP contribution in [-0.2, 0) is 6.54 Å². The van der Waals surface area contributed by atoms with E-state index >= 15 is 0 Å². The Kier molecular flexibility index (Phi) is 10.4. The second-order valence-electron chi connectivity index (χ2n) is 7.04. The number of aromatic nitrogens is 1. The lowest BCUT2D eigenvalue weighted by molar-refractivity contribution is 0.187. The molecule has 0 amide bonds. The van der Waals surface area contributed by atoms with Crippen molar-refractivity contribution in [1.82, 2.24) is 20.7 Å². The highest BCUT2D eigenvalue weighted by Crippen LogP contribution is 2.15. The largest absolute Gasteiger partial charge is 0.359 e. The molecule has 0 aromatic carbocycles. The molecule has 0 radical (unpaired) electrons. The molecule has 25 heavy (non-hydrogen) atoms. The third kappa shape index (κ3) is 7.94. The number of nitrogens with one attached hydrogen (secondary N) is 2. The maximum absolute atomic E-state index is 5.35. The van der Waals surface area contributed by atoms with Crippen LogP contribution in [0.5, 0.6) is 0 Å². The first-order valence-corrected chi connectivity index (χ1v) is 9.28. The molecule has 1 unspecified atom stereocenters. The number of nitrogens with zero attached hydrogens (tertiary/aromatic N) is 3. The molecule has 1 aromatic rings. The Balaban J connectivity index is 0.00000312. The molecule has 0 aliphatic carbocycles. The van der Waals surface area contributed by atoms with E-state index in [4.69, 9.17) is 4.52 Å². The molecular weight excluding hydrogens is 429 g/mol. The predicted octanol–water partition coefficient (Wildman–Crippen LogP) is 3.20. The number of aliphatic imine (C=N–C) groups is 1. The van der Waals surface area contributed by atoms with Crippen molar-refractivity contribution in [2.24, 2.45) is 10.9 Å². The van der Waals surface area contributed by atoms with Crippen molar-refractivity contribution in [3.05, 3.63) is 17.5 Å². The molecule has 1 aromatic heterocycles. The van der Waals surface area contributed by atoms with Crippen LogP contribution in [0.1, 0.15) is 57.9 Å². The van der Waals surface area contributed by atoms with Crippen molar-refractivity contribution in [2.75, 3.05) is 32.7 Å². The van der Waals surface area contributed by atoms with Crippen LogP contribution in [0, 0.1) is 5.92 Å². The first kappa shape index (κ1) is 22.2. The molecule has 0 spiro atoms. The number of hydrogen-bond donors (Lipinski definition) is 2. The lowest BCUT2D eigenvalue weighted by Gasteiger charge is -2.30. The van der Waals surface area contributed by atoms with E-state index in [1.807, 2.05) is 6.07 Å². The Morgan fingerprint density at radius 3 is 2.88 bits per heavy atom. The van der Waals surface area contributed by atoms with Crippen LogP contribution in [0.25, 0.3) is 0 Å². The zero-order valence-corrected chi connectivity index (χ0v) is 18.4. The van der Waals surface area contributed by atoms with Crippen molar-refractivity contribution < 1.29 is 4.52 Å². The first-order valence-electron chi connectivity index (χ1n) is 9.28. The summed E-state index contributed by atoms with van der Waals surface area (Å²) in [7, 11) is 0. The van der Waals surface area contributed by atoms with E-state index in [-0.39, 0.29) is 24.0 Å². The molecule has 1 saturated heterocycles. The van der Waals surface area contributed by atoms with Gasteiger partial charge in [-0.25, -0.2) is 4.99 Å². The summed E-state index contributed by atoms with van der Waals surface area (Å²) in [6.07, 6.45) is 2.68. The van der Waals surface area contributed by atoms with Gasteiger partial charge >= 0.3 is 0 Å². The van der Waals surface area contributed by atoms with Crippen molar-refractivity contribution in [3.63, 3.8) is 0 Å². The summed E-state index contributed by atoms with van der Waals surface area (Å²) >= 11 is 0. The molecule has 1 atom stereocenters. The molecule has 1 fully saturated rings. The summed E-state index contributed by atoms with van der Waals surface area (Å²) in [6.45, 7) is 14.4. The van der Waals surface area contributed by atoms with Crippen molar-refractivity contribution in [2.45, 2.75) is 53.0 Å². The summed E-state index contributed by atoms with van der Waals surface area (Å²) in [5.74, 6) is 2.85. The Bertz CT molecular complexity index is 517. The van der Waals surface area contributed by atoms with Crippen LogP contribution in [0.4, 0.5) is 0 Å². The van der Waals surface area contributed by atoms with Crippen LogP contribution in [0.3, 0.4) is 0 Å². The molecule has 7 heteroatoms. The topological polar surface area (TPSA) is 65.7 Å². The van der Waals surface area contributed by atoms with Gasteiger partial charge in [0, 0.05) is 32.2 Å². The van der Waals surface area contributed by atoms with Gasteiger partial charge in [0.05, 0.1) is 5.69 Å². The number of rotatable bonds is 7. The van der Waals surface area contributed by atoms with E-state index in [0.29, 0.717) is 12.5 Å². The molecule has 2 rings (SSSR count). The fourth-order valence-corrected chi connectivity index (χ4v) is 3.00. The third-order valence-corrected chi connectivity index (χ3v) is 4.37. The van der Waals surface area contributed by atoms with Crippen LogP contribution < -0.4 is 10.6 Å². The highest BCUT2D eigenvalue weighted by Gasteiger charge is 2.15. The number of likely N-dealkylation sites (tertiary alicyclic amines) is 1. The summed E-state index contributed by atoms with van der Waals surface area (Å²) < 4.78 is 5.35. The highest BCUT2D eigenvalue weighted by molar-refractivity contribution is 14.0. The van der Waals surface area contributed by atoms with E-state index in [2.05, 4.69) is 53.4 Å². The number of guanidine groups is 1. The Morgan fingerprint density at radius 2 is 2.24 bits per heavy atom. The van der Waals surface area contributed by atoms with Crippen LogP contribution >= 0.6 is 24.0 Å². The second kappa shape index (κ2) is 11.7.